The normalized spacial score (nSPS) is 19.2. The summed E-state index contributed by atoms with van der Waals surface area (Å²) < 4.78 is 18.2. The number of carboxylic acids is 1. The number of hydrogen-bond acceptors (Lipinski definition) is 14. The van der Waals surface area contributed by atoms with E-state index >= 15 is 0 Å². The SMILES string of the molecule is O=C(Cc1cccc(O)c1-c1cccc(OCO[C@H]2C3CCN(CC3)N2[C@H](C(=O)O)C(=O)c2ccc(CCNC[C@H](O)c3ccc(O)c4[nH]c(=O)ccc34)cc2)c1)OCC1CCN(Cc2ccccc2)CC1. The molecular weight excluding hydrogens is 919 g/mol. The summed E-state index contributed by atoms with van der Waals surface area (Å²) >= 11 is 0. The lowest BCUT2D eigenvalue weighted by Crippen LogP contribution is -2.68. The third kappa shape index (κ3) is 11.9. The Kier molecular flexibility index (Phi) is 16.0. The van der Waals surface area contributed by atoms with Crippen LogP contribution in [0.15, 0.2) is 126 Å². The molecule has 0 spiro atoms. The van der Waals surface area contributed by atoms with E-state index in [0.29, 0.717) is 66.1 Å². The average Bonchev–Trinajstić information content (AvgIpc) is 3.39. The second-order valence-corrected chi connectivity index (χ2v) is 19.0. The van der Waals surface area contributed by atoms with E-state index < -0.39 is 30.1 Å². The Bertz CT molecular complexity index is 2900. The molecule has 0 unspecified atom stereocenters. The number of aromatic nitrogens is 1. The monoisotopic (exact) mass is 979 g/mol. The fraction of sp³-hybridized carbons (Fsp3) is 0.357. The number of fused-ring (bicyclic) bond motifs is 4. The van der Waals surface area contributed by atoms with Gasteiger partial charge in [0.25, 0.3) is 0 Å². The first-order valence-corrected chi connectivity index (χ1v) is 24.7. The molecular formula is C56H61N5O11. The number of benzene rings is 5. The molecule has 0 saturated carbocycles. The van der Waals surface area contributed by atoms with Crippen LogP contribution in [-0.4, -0.2) is 123 Å². The number of pyridine rings is 1. The van der Waals surface area contributed by atoms with Gasteiger partial charge in [0.15, 0.2) is 18.6 Å². The van der Waals surface area contributed by atoms with Crippen molar-refractivity contribution in [1.29, 1.82) is 0 Å². The van der Waals surface area contributed by atoms with Crippen molar-refractivity contribution in [2.75, 3.05) is 52.7 Å². The molecule has 0 aliphatic carbocycles. The molecule has 0 radical (unpaired) electrons. The number of nitrogens with one attached hydrogen (secondary N) is 2. The van der Waals surface area contributed by atoms with Crippen molar-refractivity contribution in [2.24, 2.45) is 11.8 Å². The summed E-state index contributed by atoms with van der Waals surface area (Å²) in [6.07, 6.45) is 2.30. The highest BCUT2D eigenvalue weighted by molar-refractivity contribution is 6.11. The lowest BCUT2D eigenvalue weighted by atomic mass is 9.90. The van der Waals surface area contributed by atoms with Crippen LogP contribution in [0.2, 0.25) is 0 Å². The first-order chi connectivity index (χ1) is 35.0. The number of aromatic hydroxyl groups is 2. The van der Waals surface area contributed by atoms with Gasteiger partial charge in [-0.25, -0.2) is 9.80 Å². The molecule has 4 saturated heterocycles. The zero-order valence-corrected chi connectivity index (χ0v) is 40.0. The molecule has 376 valence electrons. The van der Waals surface area contributed by atoms with Crippen molar-refractivity contribution in [3.8, 4) is 28.4 Å². The standard InChI is InChI=1S/C56H61N5O11/c62-46-11-5-9-42(31-50(66)70-34-38-21-26-59(27-22-38)33-37-6-2-1-3-7-37)51(46)41-8-4-10-43(30-41)71-35-72-55-40-23-28-60(29-24-40)61(55)53(56(68)69)54(67)39-14-12-36(13-15-39)20-25-57-32-48(64)44-16-18-47(63)52-45(44)17-19-49(65)58-52/h1-19,30,38,40,48,53,55,57,62-64H,20-29,31-35H2,(H,58,65)(H,68,69)/t48-,53-,55-/m0/s1. The van der Waals surface area contributed by atoms with Gasteiger partial charge in [-0.2, -0.15) is 5.01 Å². The number of likely N-dealkylation sites (tertiary alicyclic amines) is 1. The largest absolute Gasteiger partial charge is 0.507 e. The fourth-order valence-electron chi connectivity index (χ4n) is 10.3. The summed E-state index contributed by atoms with van der Waals surface area (Å²) in [7, 11) is 0. The average molecular weight is 980 g/mol. The van der Waals surface area contributed by atoms with Crippen LogP contribution in [0, 0.1) is 11.8 Å². The highest BCUT2D eigenvalue weighted by Gasteiger charge is 2.49. The number of piperidine rings is 2. The van der Waals surface area contributed by atoms with Gasteiger partial charge in [0.05, 0.1) is 24.6 Å². The van der Waals surface area contributed by atoms with Crippen LogP contribution in [0.5, 0.6) is 17.2 Å². The third-order valence-electron chi connectivity index (χ3n) is 14.2. The summed E-state index contributed by atoms with van der Waals surface area (Å²) in [5, 5.41) is 50.0. The zero-order chi connectivity index (χ0) is 50.1. The van der Waals surface area contributed by atoms with Gasteiger partial charge in [-0.1, -0.05) is 84.9 Å². The number of hydrogen-bond donors (Lipinski definition) is 6. The Labute approximate surface area is 417 Å². The predicted molar refractivity (Wildman–Crippen MR) is 269 cm³/mol. The van der Waals surface area contributed by atoms with Gasteiger partial charge < -0.3 is 44.9 Å². The number of phenolic OH excluding ortho intramolecular Hbond substituents is 2. The molecule has 1 aromatic heterocycles. The Hall–Kier alpha value is -6.92. The lowest BCUT2D eigenvalue weighted by Gasteiger charge is -2.53. The summed E-state index contributed by atoms with van der Waals surface area (Å²) in [5.41, 5.74) is 4.61. The number of nitrogens with zero attached hydrogens (tertiary/aromatic N) is 3. The van der Waals surface area contributed by atoms with Gasteiger partial charge in [0, 0.05) is 54.7 Å². The summed E-state index contributed by atoms with van der Waals surface area (Å²) in [6.45, 7) is 4.77. The van der Waals surface area contributed by atoms with Crippen LogP contribution >= 0.6 is 0 Å². The number of rotatable bonds is 21. The number of esters is 1. The number of phenols is 2. The minimum absolute atomic E-state index is 0.00752. The maximum atomic E-state index is 14.1. The summed E-state index contributed by atoms with van der Waals surface area (Å²) in [5.74, 6) is -1.64. The predicted octanol–water partition coefficient (Wildman–Crippen LogP) is 6.43. The number of aliphatic hydroxyl groups is 1. The Morgan fingerprint density at radius 1 is 0.792 bits per heavy atom. The molecule has 5 heterocycles. The third-order valence-corrected chi connectivity index (χ3v) is 14.2. The first kappa shape index (κ1) is 50.0. The molecule has 4 fully saturated rings. The molecule has 10 rings (SSSR count). The summed E-state index contributed by atoms with van der Waals surface area (Å²) in [4.78, 5) is 57.2. The number of carbonyl (C=O) groups is 3. The van der Waals surface area contributed by atoms with E-state index in [0.717, 1.165) is 50.9 Å². The fourth-order valence-corrected chi connectivity index (χ4v) is 10.3. The lowest BCUT2D eigenvalue weighted by molar-refractivity contribution is -0.267. The van der Waals surface area contributed by atoms with Crippen molar-refractivity contribution < 1.29 is 49.0 Å². The van der Waals surface area contributed by atoms with Crippen molar-refractivity contribution in [1.82, 2.24) is 25.2 Å². The van der Waals surface area contributed by atoms with Crippen LogP contribution in [0.25, 0.3) is 22.0 Å². The molecule has 3 atom stereocenters. The van der Waals surface area contributed by atoms with E-state index in [-0.39, 0.29) is 65.7 Å². The number of ketones is 1. The molecule has 5 aromatic carbocycles. The van der Waals surface area contributed by atoms with Gasteiger partial charge >= 0.3 is 11.9 Å². The van der Waals surface area contributed by atoms with E-state index in [2.05, 4.69) is 39.5 Å². The molecule has 16 heteroatoms. The van der Waals surface area contributed by atoms with Gasteiger partial charge in [0.2, 0.25) is 5.56 Å². The highest BCUT2D eigenvalue weighted by Crippen LogP contribution is 2.38. The first-order valence-electron chi connectivity index (χ1n) is 24.7. The quantitative estimate of drug-likeness (QED) is 0.0151. The van der Waals surface area contributed by atoms with Gasteiger partial charge in [0.1, 0.15) is 23.5 Å². The van der Waals surface area contributed by atoms with Gasteiger partial charge in [-0.3, -0.25) is 19.3 Å². The van der Waals surface area contributed by atoms with E-state index in [1.54, 1.807) is 77.8 Å². The number of carboxylic acid groups (broad SMARTS) is 1. The molecule has 0 amide bonds. The molecule has 16 nitrogen and oxygen atoms in total. The number of aliphatic carboxylic acids is 1. The van der Waals surface area contributed by atoms with E-state index in [1.807, 2.05) is 17.1 Å². The molecule has 4 aliphatic rings. The van der Waals surface area contributed by atoms with Crippen molar-refractivity contribution >= 4 is 28.6 Å². The van der Waals surface area contributed by atoms with Crippen LogP contribution in [0.1, 0.15) is 64.4 Å². The number of hydrazine groups is 1. The summed E-state index contributed by atoms with van der Waals surface area (Å²) in [6, 6.07) is 33.8. The van der Waals surface area contributed by atoms with Crippen LogP contribution in [-0.2, 0) is 38.4 Å². The second-order valence-electron chi connectivity index (χ2n) is 19.0. The minimum atomic E-state index is -1.55. The Morgan fingerprint density at radius 3 is 2.32 bits per heavy atom. The van der Waals surface area contributed by atoms with E-state index in [1.165, 1.54) is 17.7 Å². The van der Waals surface area contributed by atoms with Crippen LogP contribution < -0.4 is 15.6 Å². The zero-order valence-electron chi connectivity index (χ0n) is 40.0. The number of aromatic amines is 1. The minimum Gasteiger partial charge on any atom is -0.507 e. The van der Waals surface area contributed by atoms with Crippen molar-refractivity contribution in [3.05, 3.63) is 159 Å². The molecule has 6 aromatic rings. The van der Waals surface area contributed by atoms with Crippen LogP contribution in [0.3, 0.4) is 0 Å². The molecule has 6 N–H and O–H groups in total. The smallest absolute Gasteiger partial charge is 0.330 e. The number of Topliss-reactive ketones (excluding diaryl/α,β-unsaturated/α-hetero) is 1. The highest BCUT2D eigenvalue weighted by atomic mass is 16.7. The van der Waals surface area contributed by atoms with Crippen molar-refractivity contribution in [3.63, 3.8) is 0 Å². The maximum Gasteiger partial charge on any atom is 0.330 e. The van der Waals surface area contributed by atoms with Gasteiger partial charge in [-0.15, -0.1) is 0 Å². The maximum absolute atomic E-state index is 14.1. The van der Waals surface area contributed by atoms with Crippen molar-refractivity contribution in [2.45, 2.75) is 63.4 Å². The number of H-pyrrole nitrogens is 1. The molecule has 4 aliphatic heterocycles. The Morgan fingerprint density at radius 2 is 1.56 bits per heavy atom. The topological polar surface area (TPSA) is 214 Å². The van der Waals surface area contributed by atoms with E-state index in [9.17, 15) is 39.6 Å². The Balaban J connectivity index is 0.779. The number of ether oxygens (including phenoxy) is 3. The number of carbonyl (C=O) groups excluding carboxylic acids is 2. The van der Waals surface area contributed by atoms with E-state index in [4.69, 9.17) is 14.2 Å². The van der Waals surface area contributed by atoms with Crippen LogP contribution in [0.4, 0.5) is 0 Å². The van der Waals surface area contributed by atoms with Gasteiger partial charge in [-0.05, 0) is 116 Å². The molecule has 72 heavy (non-hydrogen) atoms. The molecule has 2 bridgehead atoms. The number of aliphatic hydroxyl groups excluding tert-OH is 1. The second kappa shape index (κ2) is 23.1.